The van der Waals surface area contributed by atoms with E-state index in [0.29, 0.717) is 32.0 Å². The first kappa shape index (κ1) is 21.8. The van der Waals surface area contributed by atoms with Crippen LogP contribution in [-0.2, 0) is 6.42 Å². The normalized spacial score (nSPS) is 19.2. The van der Waals surface area contributed by atoms with Crippen LogP contribution in [0.5, 0.6) is 0 Å². The molecule has 1 unspecified atom stereocenters. The van der Waals surface area contributed by atoms with Crippen molar-refractivity contribution in [2.24, 2.45) is 4.99 Å². The zero-order chi connectivity index (χ0) is 16.9. The summed E-state index contributed by atoms with van der Waals surface area (Å²) in [5.41, 5.74) is 0. The van der Waals surface area contributed by atoms with Crippen LogP contribution in [0.3, 0.4) is 0 Å². The summed E-state index contributed by atoms with van der Waals surface area (Å²) in [5, 5.41) is 6.36. The van der Waals surface area contributed by atoms with Crippen molar-refractivity contribution in [3.05, 3.63) is 21.3 Å². The van der Waals surface area contributed by atoms with Gasteiger partial charge in [-0.1, -0.05) is 11.6 Å². The number of hydrogen-bond donors (Lipinski definition) is 2. The summed E-state index contributed by atoms with van der Waals surface area (Å²) in [4.78, 5) is 6.71. The summed E-state index contributed by atoms with van der Waals surface area (Å²) >= 11 is 7.42. The van der Waals surface area contributed by atoms with E-state index in [2.05, 4.69) is 15.6 Å². The van der Waals surface area contributed by atoms with Gasteiger partial charge in [0, 0.05) is 37.6 Å². The molecule has 2 N–H and O–H groups in total. The highest BCUT2D eigenvalue weighted by Crippen LogP contribution is 2.21. The van der Waals surface area contributed by atoms with E-state index in [0.717, 1.165) is 10.8 Å². The summed E-state index contributed by atoms with van der Waals surface area (Å²) < 4.78 is 37.9. The molecule has 1 aromatic heterocycles. The molecule has 0 aliphatic carbocycles. The van der Waals surface area contributed by atoms with Gasteiger partial charge in [0.05, 0.1) is 10.9 Å². The number of hydrogen-bond acceptors (Lipinski definition) is 3. The van der Waals surface area contributed by atoms with Crippen LogP contribution in [0, 0.1) is 0 Å². The zero-order valence-corrected chi connectivity index (χ0v) is 17.1. The molecule has 138 valence electrons. The molecule has 0 radical (unpaired) electrons. The Morgan fingerprint density at radius 2 is 2.21 bits per heavy atom. The third-order valence-electron chi connectivity index (χ3n) is 3.53. The van der Waals surface area contributed by atoms with Gasteiger partial charge in [0.2, 0.25) is 0 Å². The molecule has 0 aromatic carbocycles. The summed E-state index contributed by atoms with van der Waals surface area (Å²) in [6.07, 6.45) is -2.64. The number of nitrogens with zero attached hydrogens (tertiary/aromatic N) is 2. The molecule has 24 heavy (non-hydrogen) atoms. The second-order valence-corrected chi connectivity index (χ2v) is 7.23. The fourth-order valence-corrected chi connectivity index (χ4v) is 3.61. The average molecular weight is 497 g/mol. The van der Waals surface area contributed by atoms with Crippen LogP contribution in [-0.4, -0.2) is 56.3 Å². The molecular weight excluding hydrogens is 476 g/mol. The van der Waals surface area contributed by atoms with Crippen LogP contribution in [0.25, 0.3) is 0 Å². The lowest BCUT2D eigenvalue weighted by Crippen LogP contribution is -2.45. The molecule has 0 bridgehead atoms. The van der Waals surface area contributed by atoms with Gasteiger partial charge in [-0.05, 0) is 25.0 Å². The largest absolute Gasteiger partial charge is 0.401 e. The summed E-state index contributed by atoms with van der Waals surface area (Å²) in [5.74, 6) is 0.617. The zero-order valence-electron chi connectivity index (χ0n) is 13.2. The number of rotatable bonds is 5. The lowest BCUT2D eigenvalue weighted by Gasteiger charge is -2.19. The Balaban J connectivity index is 0.00000288. The number of nitrogens with one attached hydrogen (secondary N) is 2. The first-order valence-corrected chi connectivity index (χ1v) is 8.55. The van der Waals surface area contributed by atoms with E-state index in [9.17, 15) is 13.2 Å². The highest BCUT2D eigenvalue weighted by atomic mass is 127. The van der Waals surface area contributed by atoms with Gasteiger partial charge < -0.3 is 10.6 Å². The van der Waals surface area contributed by atoms with E-state index in [1.54, 1.807) is 7.05 Å². The van der Waals surface area contributed by atoms with E-state index >= 15 is 0 Å². The van der Waals surface area contributed by atoms with Crippen molar-refractivity contribution >= 4 is 52.9 Å². The second kappa shape index (κ2) is 10.0. The Kier molecular flexibility index (Phi) is 9.10. The monoisotopic (exact) mass is 496 g/mol. The number of likely N-dealkylation sites (tertiary alicyclic amines) is 1. The van der Waals surface area contributed by atoms with Gasteiger partial charge in [-0.3, -0.25) is 9.89 Å². The predicted octanol–water partition coefficient (Wildman–Crippen LogP) is 3.36. The summed E-state index contributed by atoms with van der Waals surface area (Å²) in [6, 6.07) is 3.83. The number of alkyl halides is 3. The molecule has 1 fully saturated rings. The first-order chi connectivity index (χ1) is 10.9. The van der Waals surface area contributed by atoms with Crippen LogP contribution >= 0.6 is 46.9 Å². The maximum absolute atomic E-state index is 12.4. The second-order valence-electron chi connectivity index (χ2n) is 5.44. The minimum atomic E-state index is -4.14. The third-order valence-corrected chi connectivity index (χ3v) is 4.82. The Bertz CT molecular complexity index is 538. The molecule has 1 aliphatic heterocycles. The molecule has 4 nitrogen and oxygen atoms in total. The topological polar surface area (TPSA) is 39.7 Å². The molecule has 1 atom stereocenters. The summed E-state index contributed by atoms with van der Waals surface area (Å²) in [6.45, 7) is 0.661. The number of guanidine groups is 1. The first-order valence-electron chi connectivity index (χ1n) is 7.36. The molecule has 1 saturated heterocycles. The quantitative estimate of drug-likeness (QED) is 0.373. The lowest BCUT2D eigenvalue weighted by molar-refractivity contribution is -0.143. The fraction of sp³-hybridized carbons (Fsp3) is 0.643. The van der Waals surface area contributed by atoms with Gasteiger partial charge in [-0.15, -0.1) is 35.3 Å². The molecule has 0 amide bonds. The van der Waals surface area contributed by atoms with E-state index in [4.69, 9.17) is 11.6 Å². The molecular formula is C14H21ClF3IN4S. The molecule has 2 heterocycles. The minimum absolute atomic E-state index is 0. The van der Waals surface area contributed by atoms with Crippen LogP contribution < -0.4 is 10.6 Å². The molecule has 0 saturated carbocycles. The minimum Gasteiger partial charge on any atom is -0.356 e. The van der Waals surface area contributed by atoms with Crippen molar-refractivity contribution < 1.29 is 13.2 Å². The maximum Gasteiger partial charge on any atom is 0.401 e. The van der Waals surface area contributed by atoms with Crippen molar-refractivity contribution in [2.45, 2.75) is 25.1 Å². The molecule has 2 rings (SSSR count). The Hall–Kier alpha value is -0.260. The number of aliphatic imine (C=N–C) groups is 1. The molecule has 1 aliphatic rings. The third kappa shape index (κ3) is 7.75. The average Bonchev–Trinajstić information content (AvgIpc) is 3.05. The summed E-state index contributed by atoms with van der Waals surface area (Å²) in [7, 11) is 1.65. The van der Waals surface area contributed by atoms with Crippen LogP contribution in [0.15, 0.2) is 17.1 Å². The van der Waals surface area contributed by atoms with Crippen LogP contribution in [0.1, 0.15) is 11.3 Å². The van der Waals surface area contributed by atoms with Crippen molar-refractivity contribution in [3.8, 4) is 0 Å². The maximum atomic E-state index is 12.4. The molecule has 10 heteroatoms. The van der Waals surface area contributed by atoms with E-state index in [1.165, 1.54) is 21.1 Å². The van der Waals surface area contributed by atoms with Crippen molar-refractivity contribution in [2.75, 3.05) is 33.2 Å². The highest BCUT2D eigenvalue weighted by Gasteiger charge is 2.34. The van der Waals surface area contributed by atoms with Crippen LogP contribution in [0.4, 0.5) is 13.2 Å². The van der Waals surface area contributed by atoms with E-state index in [1.807, 2.05) is 12.1 Å². The van der Waals surface area contributed by atoms with Crippen LogP contribution in [0.2, 0.25) is 4.34 Å². The van der Waals surface area contributed by atoms with Gasteiger partial charge in [0.1, 0.15) is 0 Å². The van der Waals surface area contributed by atoms with Crippen molar-refractivity contribution in [1.29, 1.82) is 0 Å². The molecule has 0 spiro atoms. The number of halogens is 5. The van der Waals surface area contributed by atoms with E-state index in [-0.39, 0.29) is 30.0 Å². The van der Waals surface area contributed by atoms with E-state index < -0.39 is 12.7 Å². The van der Waals surface area contributed by atoms with Gasteiger partial charge in [-0.2, -0.15) is 13.2 Å². The van der Waals surface area contributed by atoms with Gasteiger partial charge in [0.25, 0.3) is 0 Å². The Labute approximate surface area is 165 Å². The fourth-order valence-electron chi connectivity index (χ4n) is 2.53. The Morgan fingerprint density at radius 1 is 1.46 bits per heavy atom. The van der Waals surface area contributed by atoms with Gasteiger partial charge in [0.15, 0.2) is 5.96 Å². The SMILES string of the molecule is CN=C(NCCc1ccc(Cl)s1)NC1CCN(CC(F)(F)F)C1.I. The molecule has 1 aromatic rings. The van der Waals surface area contributed by atoms with Gasteiger partial charge >= 0.3 is 6.18 Å². The highest BCUT2D eigenvalue weighted by molar-refractivity contribution is 14.0. The Morgan fingerprint density at radius 3 is 2.79 bits per heavy atom. The smallest absolute Gasteiger partial charge is 0.356 e. The van der Waals surface area contributed by atoms with Crippen molar-refractivity contribution in [3.63, 3.8) is 0 Å². The lowest BCUT2D eigenvalue weighted by atomic mass is 10.3. The van der Waals surface area contributed by atoms with Gasteiger partial charge in [-0.25, -0.2) is 0 Å². The standard InChI is InChI=1S/C14H20ClF3N4S.HI/c1-19-13(20-6-4-11-2-3-12(15)23-11)21-10-5-7-22(8-10)9-14(16,17)18;/h2-3,10H,4-9H2,1H3,(H2,19,20,21);1H. The van der Waals surface area contributed by atoms with Crippen molar-refractivity contribution in [1.82, 2.24) is 15.5 Å². The predicted molar refractivity (Wildman–Crippen MR) is 104 cm³/mol. The number of thiophene rings is 1.